The molecule has 0 unspecified atom stereocenters. The number of halogens is 6. The lowest BCUT2D eigenvalue weighted by atomic mass is 10.1. The first-order valence-electron chi connectivity index (χ1n) is 10.0. The van der Waals surface area contributed by atoms with Crippen molar-refractivity contribution < 1.29 is 36.3 Å². The molecule has 1 aromatic carbocycles. The molecule has 15 heteroatoms. The number of hydrogen-bond acceptors (Lipinski definition) is 5. The summed E-state index contributed by atoms with van der Waals surface area (Å²) in [5.41, 5.74) is -1.52. The summed E-state index contributed by atoms with van der Waals surface area (Å²) >= 11 is 6.37. The summed E-state index contributed by atoms with van der Waals surface area (Å²) in [6, 6.07) is 1.27. The molecule has 190 valence electrons. The van der Waals surface area contributed by atoms with Gasteiger partial charge in [-0.1, -0.05) is 22.9 Å². The third kappa shape index (κ3) is 4.30. The SMILES string of the molecule is CN(C=O)c1cc2c(C(F)(F)F)cc(N3C(=O)NC[C@H]3C(=O)N(C)c3ccc(F)c(Cl)c3F)nc2s1. The molecule has 1 fully saturated rings. The molecule has 3 heterocycles. The molecule has 4 rings (SSSR count). The maximum atomic E-state index is 14.5. The molecule has 4 amide bonds. The van der Waals surface area contributed by atoms with Crippen molar-refractivity contribution in [1.29, 1.82) is 0 Å². The van der Waals surface area contributed by atoms with Crippen molar-refractivity contribution in [3.63, 3.8) is 0 Å². The van der Waals surface area contributed by atoms with Gasteiger partial charge in [-0.3, -0.25) is 14.5 Å². The van der Waals surface area contributed by atoms with E-state index in [0.29, 0.717) is 12.5 Å². The molecule has 0 bridgehead atoms. The Morgan fingerprint density at radius 3 is 2.61 bits per heavy atom. The number of aromatic nitrogens is 1. The first-order chi connectivity index (χ1) is 16.8. The van der Waals surface area contributed by atoms with E-state index in [0.717, 1.165) is 51.3 Å². The molecular weight excluding hydrogens is 533 g/mol. The van der Waals surface area contributed by atoms with Crippen molar-refractivity contribution in [2.24, 2.45) is 0 Å². The van der Waals surface area contributed by atoms with Crippen LogP contribution in [0.4, 0.5) is 43.3 Å². The van der Waals surface area contributed by atoms with Crippen LogP contribution in [0.2, 0.25) is 5.02 Å². The summed E-state index contributed by atoms with van der Waals surface area (Å²) < 4.78 is 69.7. The van der Waals surface area contributed by atoms with Gasteiger partial charge in [0.1, 0.15) is 27.5 Å². The van der Waals surface area contributed by atoms with Gasteiger partial charge in [-0.15, -0.1) is 0 Å². The zero-order chi connectivity index (χ0) is 26.5. The number of fused-ring (bicyclic) bond motifs is 1. The van der Waals surface area contributed by atoms with E-state index in [4.69, 9.17) is 11.6 Å². The lowest BCUT2D eigenvalue weighted by Gasteiger charge is -2.27. The molecule has 0 aliphatic carbocycles. The lowest BCUT2D eigenvalue weighted by molar-refractivity contribution is -0.136. The summed E-state index contributed by atoms with van der Waals surface area (Å²) in [6.45, 7) is -0.316. The Kier molecular flexibility index (Phi) is 6.51. The maximum Gasteiger partial charge on any atom is 0.417 e. The number of hydrogen-bond donors (Lipinski definition) is 1. The van der Waals surface area contributed by atoms with Gasteiger partial charge in [0.05, 0.1) is 16.3 Å². The monoisotopic (exact) mass is 547 g/mol. The zero-order valence-electron chi connectivity index (χ0n) is 18.4. The van der Waals surface area contributed by atoms with Crippen LogP contribution in [0.15, 0.2) is 24.3 Å². The second-order valence-corrected chi connectivity index (χ2v) is 9.10. The Balaban J connectivity index is 1.79. The number of urea groups is 1. The number of anilines is 3. The van der Waals surface area contributed by atoms with Crippen molar-refractivity contribution in [3.05, 3.63) is 46.5 Å². The van der Waals surface area contributed by atoms with E-state index >= 15 is 0 Å². The number of alkyl halides is 3. The van der Waals surface area contributed by atoms with Crippen LogP contribution in [0.1, 0.15) is 5.56 Å². The Labute approximate surface area is 208 Å². The first-order valence-corrected chi connectivity index (χ1v) is 11.2. The molecule has 1 N–H and O–H groups in total. The van der Waals surface area contributed by atoms with E-state index in [9.17, 15) is 36.3 Å². The second-order valence-electron chi connectivity index (χ2n) is 7.71. The number of thiophene rings is 1. The van der Waals surface area contributed by atoms with Crippen LogP contribution in [0, 0.1) is 11.6 Å². The van der Waals surface area contributed by atoms with Gasteiger partial charge in [-0.05, 0) is 24.3 Å². The predicted molar refractivity (Wildman–Crippen MR) is 124 cm³/mol. The molecule has 2 aromatic heterocycles. The standard InChI is InChI=1S/C21H15ClF5N5O3S/c1-30(8-33)15-5-9-10(21(25,26)27)6-14(29-18(9)36-15)32-13(7-28-20(32)35)19(34)31(2)12-4-3-11(23)16(22)17(12)24/h3-6,8,13H,7H2,1-2H3,(H,28,35)/t13-/m0/s1. The number of likely N-dealkylation sites (N-methyl/N-ethyl adjacent to an activating group) is 1. The molecule has 0 spiro atoms. The van der Waals surface area contributed by atoms with Crippen molar-refractivity contribution in [3.8, 4) is 0 Å². The molecule has 0 saturated carbocycles. The normalized spacial score (nSPS) is 15.8. The number of nitrogens with one attached hydrogen (secondary N) is 1. The Hall–Kier alpha value is -3.52. The third-order valence-corrected chi connectivity index (χ3v) is 6.97. The fourth-order valence-corrected chi connectivity index (χ4v) is 4.79. The third-order valence-electron chi connectivity index (χ3n) is 5.51. The summed E-state index contributed by atoms with van der Waals surface area (Å²) in [6.07, 6.45) is -4.44. The van der Waals surface area contributed by atoms with Gasteiger partial charge in [0.2, 0.25) is 6.41 Å². The predicted octanol–water partition coefficient (Wildman–Crippen LogP) is 4.40. The average molecular weight is 548 g/mol. The highest BCUT2D eigenvalue weighted by atomic mass is 35.5. The van der Waals surface area contributed by atoms with Gasteiger partial charge in [0.15, 0.2) is 5.82 Å². The van der Waals surface area contributed by atoms with Crippen LogP contribution in [0.25, 0.3) is 10.2 Å². The van der Waals surface area contributed by atoms with Crippen LogP contribution in [-0.4, -0.2) is 50.0 Å². The largest absolute Gasteiger partial charge is 0.417 e. The van der Waals surface area contributed by atoms with Crippen molar-refractivity contribution in [2.75, 3.05) is 35.3 Å². The van der Waals surface area contributed by atoms with Crippen LogP contribution in [0.5, 0.6) is 0 Å². The highest BCUT2D eigenvalue weighted by Gasteiger charge is 2.42. The van der Waals surface area contributed by atoms with E-state index in [1.165, 1.54) is 7.05 Å². The van der Waals surface area contributed by atoms with E-state index in [-0.39, 0.29) is 21.8 Å². The van der Waals surface area contributed by atoms with Gasteiger partial charge >= 0.3 is 12.2 Å². The smallest absolute Gasteiger partial charge is 0.335 e. The molecule has 0 radical (unpaired) electrons. The van der Waals surface area contributed by atoms with Crippen molar-refractivity contribution in [1.82, 2.24) is 10.3 Å². The minimum absolute atomic E-state index is 0.126. The highest BCUT2D eigenvalue weighted by molar-refractivity contribution is 7.22. The topological polar surface area (TPSA) is 85.8 Å². The number of rotatable bonds is 5. The number of pyridine rings is 1. The van der Waals surface area contributed by atoms with Crippen molar-refractivity contribution >= 4 is 68.0 Å². The minimum Gasteiger partial charge on any atom is -0.335 e. The van der Waals surface area contributed by atoms with E-state index in [1.807, 2.05) is 0 Å². The van der Waals surface area contributed by atoms with Gasteiger partial charge in [0, 0.05) is 26.0 Å². The number of nitrogens with zero attached hydrogens (tertiary/aromatic N) is 4. The van der Waals surface area contributed by atoms with Gasteiger partial charge < -0.3 is 15.1 Å². The molecule has 1 aliphatic rings. The number of carbonyl (C=O) groups is 3. The lowest BCUT2D eigenvalue weighted by Crippen LogP contribution is -2.47. The minimum atomic E-state index is -4.85. The molecule has 36 heavy (non-hydrogen) atoms. The van der Waals surface area contributed by atoms with Gasteiger partial charge in [0.25, 0.3) is 5.91 Å². The molecular formula is C21H15ClF5N5O3S. The zero-order valence-corrected chi connectivity index (χ0v) is 19.9. The number of amides is 4. The van der Waals surface area contributed by atoms with E-state index in [1.54, 1.807) is 0 Å². The van der Waals surface area contributed by atoms with E-state index in [2.05, 4.69) is 10.3 Å². The van der Waals surface area contributed by atoms with Crippen LogP contribution < -0.4 is 20.0 Å². The first kappa shape index (κ1) is 25.6. The molecule has 1 atom stereocenters. The Morgan fingerprint density at radius 1 is 1.28 bits per heavy atom. The van der Waals surface area contributed by atoms with Gasteiger partial charge in [-0.2, -0.15) is 13.2 Å². The molecule has 1 saturated heterocycles. The van der Waals surface area contributed by atoms with E-state index < -0.39 is 57.9 Å². The van der Waals surface area contributed by atoms with Crippen LogP contribution in [0.3, 0.4) is 0 Å². The fourth-order valence-electron chi connectivity index (χ4n) is 3.65. The Bertz CT molecular complexity index is 1400. The quantitative estimate of drug-likeness (QED) is 0.291. The second kappa shape index (κ2) is 9.17. The maximum absolute atomic E-state index is 14.5. The summed E-state index contributed by atoms with van der Waals surface area (Å²) in [4.78, 5) is 43.5. The van der Waals surface area contributed by atoms with Gasteiger partial charge in [-0.25, -0.2) is 18.6 Å². The highest BCUT2D eigenvalue weighted by Crippen LogP contribution is 2.42. The molecule has 3 aromatic rings. The fraction of sp³-hybridized carbons (Fsp3) is 0.238. The summed E-state index contributed by atoms with van der Waals surface area (Å²) in [7, 11) is 2.50. The van der Waals surface area contributed by atoms with Crippen LogP contribution in [-0.2, 0) is 15.8 Å². The number of benzene rings is 1. The van der Waals surface area contributed by atoms with Crippen molar-refractivity contribution in [2.45, 2.75) is 12.2 Å². The molecule has 8 nitrogen and oxygen atoms in total. The molecule has 1 aliphatic heterocycles. The average Bonchev–Trinajstić information content (AvgIpc) is 3.43. The Morgan fingerprint density at radius 2 is 1.97 bits per heavy atom. The summed E-state index contributed by atoms with van der Waals surface area (Å²) in [5, 5.41) is 1.41. The number of carbonyl (C=O) groups excluding carboxylic acids is 3. The van der Waals surface area contributed by atoms with Crippen LogP contribution >= 0.6 is 22.9 Å². The summed E-state index contributed by atoms with van der Waals surface area (Å²) in [5.74, 6) is -3.64.